The molecule has 0 unspecified atom stereocenters. The van der Waals surface area contributed by atoms with E-state index in [0.29, 0.717) is 12.3 Å². The molecule has 1 amide bonds. The number of carbonyl (C=O) groups excluding carboxylic acids is 1. The van der Waals surface area contributed by atoms with Crippen molar-refractivity contribution in [1.29, 1.82) is 0 Å². The molecule has 0 fully saturated rings. The molecule has 0 aliphatic heterocycles. The molecular weight excluding hydrogens is 300 g/mol. The van der Waals surface area contributed by atoms with E-state index in [0.717, 1.165) is 16.4 Å². The maximum absolute atomic E-state index is 12.3. The third-order valence-electron chi connectivity index (χ3n) is 3.25. The van der Waals surface area contributed by atoms with Crippen LogP contribution in [0.3, 0.4) is 0 Å². The predicted molar refractivity (Wildman–Crippen MR) is 83.1 cm³/mol. The molecule has 0 saturated carbocycles. The largest absolute Gasteiger partial charge is 0.349 e. The molecule has 0 spiro atoms. The van der Waals surface area contributed by atoms with Gasteiger partial charge in [-0.3, -0.25) is 9.20 Å². The fourth-order valence-corrected chi connectivity index (χ4v) is 2.90. The van der Waals surface area contributed by atoms with Gasteiger partial charge in [0.1, 0.15) is 0 Å². The van der Waals surface area contributed by atoms with Crippen LogP contribution < -0.4 is 5.32 Å². The van der Waals surface area contributed by atoms with Crippen LogP contribution in [0.1, 0.15) is 39.9 Å². The van der Waals surface area contributed by atoms with E-state index in [9.17, 15) is 4.79 Å². The average Bonchev–Trinajstić information content (AvgIpc) is 3.10. The Bertz CT molecular complexity index is 824. The molecule has 114 valence electrons. The number of amides is 1. The van der Waals surface area contributed by atoms with Crippen LogP contribution in [0.2, 0.25) is 0 Å². The molecule has 3 aromatic heterocycles. The van der Waals surface area contributed by atoms with E-state index in [1.807, 2.05) is 32.2 Å². The minimum Gasteiger partial charge on any atom is -0.349 e. The molecule has 22 heavy (non-hydrogen) atoms. The number of nitrogens with zero attached hydrogens (tertiary/aromatic N) is 5. The highest BCUT2D eigenvalue weighted by atomic mass is 32.1. The van der Waals surface area contributed by atoms with E-state index in [1.54, 1.807) is 21.9 Å². The lowest BCUT2D eigenvalue weighted by atomic mass is 10.2. The lowest BCUT2D eigenvalue weighted by Crippen LogP contribution is -2.29. The van der Waals surface area contributed by atoms with Crippen molar-refractivity contribution < 1.29 is 4.79 Å². The number of nitrogens with one attached hydrogen (secondary N) is 1. The molecule has 0 aliphatic rings. The normalized spacial score (nSPS) is 12.5. The summed E-state index contributed by atoms with van der Waals surface area (Å²) in [4.78, 5) is 20.9. The molecule has 3 heterocycles. The van der Waals surface area contributed by atoms with Crippen LogP contribution in [-0.4, -0.2) is 37.0 Å². The summed E-state index contributed by atoms with van der Waals surface area (Å²) < 4.78 is 1.58. The quantitative estimate of drug-likeness (QED) is 0.792. The van der Waals surface area contributed by atoms with Crippen LogP contribution in [-0.2, 0) is 0 Å². The van der Waals surface area contributed by atoms with Crippen LogP contribution in [0, 0.1) is 13.8 Å². The van der Waals surface area contributed by atoms with E-state index in [4.69, 9.17) is 0 Å². The standard InChI is InChI=1S/C14H16N6OS/c1-8(13-16-10(3)7-22-13)6-15-12(21)11-18-19-14-17-9(2)4-5-20(11)14/h4-5,7-8H,6H2,1-3H3,(H,15,21)/t8-/m1/s1. The highest BCUT2D eigenvalue weighted by Crippen LogP contribution is 2.18. The average molecular weight is 316 g/mol. The van der Waals surface area contributed by atoms with Crippen LogP contribution in [0.5, 0.6) is 0 Å². The highest BCUT2D eigenvalue weighted by Gasteiger charge is 2.17. The van der Waals surface area contributed by atoms with E-state index in [2.05, 4.69) is 25.5 Å². The first-order chi connectivity index (χ1) is 10.5. The van der Waals surface area contributed by atoms with Crippen molar-refractivity contribution in [3.05, 3.63) is 39.9 Å². The van der Waals surface area contributed by atoms with Gasteiger partial charge in [-0.15, -0.1) is 21.5 Å². The maximum Gasteiger partial charge on any atom is 0.289 e. The van der Waals surface area contributed by atoms with Crippen molar-refractivity contribution in [1.82, 2.24) is 29.9 Å². The van der Waals surface area contributed by atoms with Gasteiger partial charge in [-0.25, -0.2) is 9.97 Å². The van der Waals surface area contributed by atoms with Crippen molar-refractivity contribution >= 4 is 23.0 Å². The number of carbonyl (C=O) groups is 1. The second-order valence-corrected chi connectivity index (χ2v) is 6.09. The van der Waals surface area contributed by atoms with Crippen LogP contribution in [0.15, 0.2) is 17.6 Å². The van der Waals surface area contributed by atoms with Gasteiger partial charge in [-0.2, -0.15) is 0 Å². The fourth-order valence-electron chi connectivity index (χ4n) is 2.04. The number of aromatic nitrogens is 5. The summed E-state index contributed by atoms with van der Waals surface area (Å²) in [5.74, 6) is 0.555. The zero-order valence-corrected chi connectivity index (χ0v) is 13.4. The third-order valence-corrected chi connectivity index (χ3v) is 4.44. The van der Waals surface area contributed by atoms with Crippen LogP contribution in [0.25, 0.3) is 5.78 Å². The first-order valence-electron chi connectivity index (χ1n) is 6.93. The van der Waals surface area contributed by atoms with Gasteiger partial charge in [0.05, 0.1) is 5.01 Å². The van der Waals surface area contributed by atoms with E-state index < -0.39 is 0 Å². The zero-order valence-electron chi connectivity index (χ0n) is 12.6. The number of fused-ring (bicyclic) bond motifs is 1. The molecule has 0 aromatic carbocycles. The van der Waals surface area contributed by atoms with Gasteiger partial charge in [0.25, 0.3) is 11.7 Å². The second-order valence-electron chi connectivity index (χ2n) is 5.20. The molecule has 3 aromatic rings. The topological polar surface area (TPSA) is 85.1 Å². The minimum absolute atomic E-state index is 0.155. The lowest BCUT2D eigenvalue weighted by molar-refractivity contribution is 0.0940. The van der Waals surface area contributed by atoms with Crippen molar-refractivity contribution in [3.8, 4) is 0 Å². The Balaban J connectivity index is 1.71. The van der Waals surface area contributed by atoms with E-state index >= 15 is 0 Å². The van der Waals surface area contributed by atoms with Gasteiger partial charge in [0.15, 0.2) is 0 Å². The first-order valence-corrected chi connectivity index (χ1v) is 7.81. The summed E-state index contributed by atoms with van der Waals surface area (Å²) in [6.07, 6.45) is 1.75. The van der Waals surface area contributed by atoms with Gasteiger partial charge >= 0.3 is 0 Å². The number of hydrogen-bond donors (Lipinski definition) is 1. The summed E-state index contributed by atoms with van der Waals surface area (Å²) >= 11 is 1.61. The summed E-state index contributed by atoms with van der Waals surface area (Å²) in [5.41, 5.74) is 1.84. The second kappa shape index (κ2) is 5.80. The number of hydrogen-bond acceptors (Lipinski definition) is 6. The van der Waals surface area contributed by atoms with Gasteiger partial charge in [-0.1, -0.05) is 6.92 Å². The Morgan fingerprint density at radius 2 is 2.14 bits per heavy atom. The Morgan fingerprint density at radius 3 is 2.86 bits per heavy atom. The molecular formula is C14H16N6OS. The lowest BCUT2D eigenvalue weighted by Gasteiger charge is -2.09. The molecule has 3 rings (SSSR count). The Kier molecular flexibility index (Phi) is 3.84. The highest BCUT2D eigenvalue weighted by molar-refractivity contribution is 7.09. The van der Waals surface area contributed by atoms with E-state index in [1.165, 1.54) is 0 Å². The van der Waals surface area contributed by atoms with Crippen molar-refractivity contribution in [3.63, 3.8) is 0 Å². The van der Waals surface area contributed by atoms with Gasteiger partial charge < -0.3 is 5.32 Å². The molecule has 0 radical (unpaired) electrons. The number of aryl methyl sites for hydroxylation is 2. The predicted octanol–water partition coefficient (Wildman–Crippen LogP) is 1.73. The zero-order chi connectivity index (χ0) is 15.7. The van der Waals surface area contributed by atoms with Crippen LogP contribution in [0.4, 0.5) is 0 Å². The third kappa shape index (κ3) is 2.82. The smallest absolute Gasteiger partial charge is 0.289 e. The van der Waals surface area contributed by atoms with Crippen molar-refractivity contribution in [2.45, 2.75) is 26.7 Å². The van der Waals surface area contributed by atoms with Gasteiger partial charge in [-0.05, 0) is 19.9 Å². The Morgan fingerprint density at radius 1 is 1.32 bits per heavy atom. The number of thiazole rings is 1. The minimum atomic E-state index is -0.265. The molecule has 0 aliphatic carbocycles. The first kappa shape index (κ1) is 14.6. The molecule has 0 saturated heterocycles. The summed E-state index contributed by atoms with van der Waals surface area (Å²) in [6, 6.07) is 1.81. The van der Waals surface area contributed by atoms with Gasteiger partial charge in [0.2, 0.25) is 5.82 Å². The molecule has 8 heteroatoms. The maximum atomic E-state index is 12.3. The Hall–Kier alpha value is -2.35. The number of rotatable bonds is 4. The summed E-state index contributed by atoms with van der Waals surface area (Å²) in [7, 11) is 0. The SMILES string of the molecule is Cc1csc([C@H](C)CNC(=O)c2nnc3nc(C)ccn23)n1. The van der Waals surface area contributed by atoms with Crippen molar-refractivity contribution in [2.75, 3.05) is 6.54 Å². The monoisotopic (exact) mass is 316 g/mol. The molecule has 1 N–H and O–H groups in total. The summed E-state index contributed by atoms with van der Waals surface area (Å²) in [5, 5.41) is 13.7. The molecule has 1 atom stereocenters. The Labute approximate surface area is 131 Å². The summed E-state index contributed by atoms with van der Waals surface area (Å²) in [6.45, 7) is 6.36. The van der Waals surface area contributed by atoms with Crippen LogP contribution >= 0.6 is 11.3 Å². The molecule has 7 nitrogen and oxygen atoms in total. The van der Waals surface area contributed by atoms with Crippen molar-refractivity contribution in [2.24, 2.45) is 0 Å². The van der Waals surface area contributed by atoms with E-state index in [-0.39, 0.29) is 17.6 Å². The van der Waals surface area contributed by atoms with Gasteiger partial charge in [0, 0.05) is 35.4 Å². The fraction of sp³-hybridized carbons (Fsp3) is 0.357. The molecule has 0 bridgehead atoms.